The Morgan fingerprint density at radius 1 is 0.950 bits per heavy atom. The summed E-state index contributed by atoms with van der Waals surface area (Å²) >= 11 is 0. The molecule has 1 amide bonds. The van der Waals surface area contributed by atoms with Gasteiger partial charge in [0, 0.05) is 50.6 Å². The minimum absolute atomic E-state index is 0.267. The number of piperazine rings is 1. The number of carbonyl (C=O) groups excluding carboxylic acids is 1. The molecule has 0 saturated carbocycles. The van der Waals surface area contributed by atoms with Gasteiger partial charge in [-0.05, 0) is 29.7 Å². The first kappa shape index (κ1) is 25.5. The number of aromatic amines is 1. The molecule has 6 rings (SSSR count). The fourth-order valence-electron chi connectivity index (χ4n) is 4.86. The van der Waals surface area contributed by atoms with E-state index in [1.807, 2.05) is 17.0 Å². The topological polar surface area (TPSA) is 136 Å². The fraction of sp³-hybridized carbons (Fsp3) is 0.321. The molecule has 0 spiro atoms. The highest BCUT2D eigenvalue weighted by Gasteiger charge is 2.22. The smallest absolute Gasteiger partial charge is 0.298 e. The van der Waals surface area contributed by atoms with Crippen molar-refractivity contribution < 1.29 is 14.6 Å². The van der Waals surface area contributed by atoms with Crippen LogP contribution in [0.25, 0.3) is 22.3 Å². The summed E-state index contributed by atoms with van der Waals surface area (Å²) < 4.78 is 5.49. The summed E-state index contributed by atoms with van der Waals surface area (Å²) in [5.41, 5.74) is 4.53. The summed E-state index contributed by atoms with van der Waals surface area (Å²) in [6.07, 6.45) is 5.11. The second-order valence-corrected chi connectivity index (χ2v) is 9.46. The van der Waals surface area contributed by atoms with Crippen LogP contribution < -0.4 is 15.1 Å². The van der Waals surface area contributed by atoms with E-state index in [4.69, 9.17) is 9.84 Å². The standard InChI is InChI=1S/C28H29N9O3/c38-13-1-2-25(39)35-7-9-37(10-8-35)28-29-17-22(18-30-28)33-21-5-3-20(4-6-21)24-16-23-26(34-24)31-19-32-27(23)36-11-14-40-15-12-36/h3-6,16-19,33,38H,7-15H2,(H,31,32,34). The number of H-pyrrole nitrogens is 1. The van der Waals surface area contributed by atoms with Gasteiger partial charge in [-0.3, -0.25) is 4.79 Å². The Balaban J connectivity index is 1.08. The number of anilines is 4. The van der Waals surface area contributed by atoms with Crippen molar-refractivity contribution in [3.63, 3.8) is 0 Å². The van der Waals surface area contributed by atoms with E-state index in [1.54, 1.807) is 23.6 Å². The summed E-state index contributed by atoms with van der Waals surface area (Å²) in [5, 5.41) is 13.1. The van der Waals surface area contributed by atoms with Gasteiger partial charge in [0.2, 0.25) is 5.95 Å². The van der Waals surface area contributed by atoms with E-state index in [0.717, 1.165) is 52.6 Å². The highest BCUT2D eigenvalue weighted by molar-refractivity contribution is 5.94. The lowest BCUT2D eigenvalue weighted by molar-refractivity contribution is -0.125. The molecule has 5 heterocycles. The summed E-state index contributed by atoms with van der Waals surface area (Å²) in [5.74, 6) is 6.12. The third-order valence-electron chi connectivity index (χ3n) is 6.96. The number of carbonyl (C=O) groups is 1. The SMILES string of the molecule is O=C(C#CCO)N1CCN(c2ncc(Nc3ccc(-c4cc5c(N6CCOCC6)ncnc5[nH]4)cc3)cn2)CC1. The molecule has 0 unspecified atom stereocenters. The molecule has 3 N–H and O–H groups in total. The van der Waals surface area contributed by atoms with Crippen LogP contribution in [0.3, 0.4) is 0 Å². The third kappa shape index (κ3) is 5.51. The molecule has 12 heteroatoms. The predicted molar refractivity (Wildman–Crippen MR) is 151 cm³/mol. The predicted octanol–water partition coefficient (Wildman–Crippen LogP) is 1.64. The van der Waals surface area contributed by atoms with Crippen molar-refractivity contribution in [1.82, 2.24) is 29.8 Å². The van der Waals surface area contributed by atoms with Gasteiger partial charge in [-0.15, -0.1) is 0 Å². The van der Waals surface area contributed by atoms with Crippen molar-refractivity contribution >= 4 is 40.1 Å². The highest BCUT2D eigenvalue weighted by atomic mass is 16.5. The molecule has 0 bridgehead atoms. The molecular weight excluding hydrogens is 510 g/mol. The quantitative estimate of drug-likeness (QED) is 0.321. The van der Waals surface area contributed by atoms with Gasteiger partial charge in [-0.1, -0.05) is 18.1 Å². The van der Waals surface area contributed by atoms with Crippen molar-refractivity contribution in [1.29, 1.82) is 0 Å². The molecule has 3 aromatic heterocycles. The van der Waals surface area contributed by atoms with Crippen LogP contribution in [0.2, 0.25) is 0 Å². The normalized spacial score (nSPS) is 15.6. The van der Waals surface area contributed by atoms with Gasteiger partial charge in [0.25, 0.3) is 5.91 Å². The molecule has 1 aromatic carbocycles. The molecule has 2 saturated heterocycles. The number of aliphatic hydroxyl groups is 1. The number of morpholine rings is 1. The Morgan fingerprint density at radius 2 is 1.70 bits per heavy atom. The summed E-state index contributed by atoms with van der Waals surface area (Å²) in [6, 6.07) is 10.2. The number of fused-ring (bicyclic) bond motifs is 1. The molecule has 12 nitrogen and oxygen atoms in total. The molecule has 2 fully saturated rings. The Labute approximate surface area is 231 Å². The first-order valence-corrected chi connectivity index (χ1v) is 13.2. The average Bonchev–Trinajstić information content (AvgIpc) is 3.46. The maximum Gasteiger partial charge on any atom is 0.298 e. The van der Waals surface area contributed by atoms with Gasteiger partial charge in [-0.25, -0.2) is 19.9 Å². The summed E-state index contributed by atoms with van der Waals surface area (Å²) in [7, 11) is 0. The molecule has 0 aliphatic carbocycles. The number of aromatic nitrogens is 5. The first-order chi connectivity index (χ1) is 19.7. The first-order valence-electron chi connectivity index (χ1n) is 13.2. The van der Waals surface area contributed by atoms with Crippen LogP contribution >= 0.6 is 0 Å². The van der Waals surface area contributed by atoms with Gasteiger partial charge in [0.1, 0.15) is 24.4 Å². The van der Waals surface area contributed by atoms with Crippen LogP contribution in [0.15, 0.2) is 49.1 Å². The van der Waals surface area contributed by atoms with Gasteiger partial charge in [-0.2, -0.15) is 0 Å². The second kappa shape index (κ2) is 11.6. The maximum atomic E-state index is 12.0. The van der Waals surface area contributed by atoms with Crippen molar-refractivity contribution in [3.05, 3.63) is 49.1 Å². The molecule has 4 aromatic rings. The molecule has 2 aliphatic rings. The molecular formula is C28H29N9O3. The maximum absolute atomic E-state index is 12.0. The number of benzene rings is 1. The molecule has 2 aliphatic heterocycles. The van der Waals surface area contributed by atoms with E-state index in [2.05, 4.69) is 65.2 Å². The lowest BCUT2D eigenvalue weighted by atomic mass is 10.1. The lowest BCUT2D eigenvalue weighted by Crippen LogP contribution is -2.49. The highest BCUT2D eigenvalue weighted by Crippen LogP contribution is 2.30. The minimum atomic E-state index is -0.319. The number of rotatable bonds is 5. The van der Waals surface area contributed by atoms with E-state index < -0.39 is 0 Å². The van der Waals surface area contributed by atoms with Crippen molar-refractivity contribution in [3.8, 4) is 23.1 Å². The van der Waals surface area contributed by atoms with Crippen LogP contribution in [-0.4, -0.2) is 99.9 Å². The molecule has 40 heavy (non-hydrogen) atoms. The van der Waals surface area contributed by atoms with Gasteiger partial charge in [0.05, 0.1) is 36.7 Å². The van der Waals surface area contributed by atoms with Crippen LogP contribution in [-0.2, 0) is 9.53 Å². The second-order valence-electron chi connectivity index (χ2n) is 9.46. The zero-order valence-corrected chi connectivity index (χ0v) is 21.9. The van der Waals surface area contributed by atoms with E-state index in [9.17, 15) is 4.79 Å². The molecule has 0 radical (unpaired) electrons. The van der Waals surface area contributed by atoms with Crippen molar-refractivity contribution in [2.24, 2.45) is 0 Å². The number of hydrogen-bond acceptors (Lipinski definition) is 10. The summed E-state index contributed by atoms with van der Waals surface area (Å²) in [4.78, 5) is 39.4. The average molecular weight is 540 g/mol. The largest absolute Gasteiger partial charge is 0.384 e. The zero-order chi connectivity index (χ0) is 27.3. The Kier molecular flexibility index (Phi) is 7.39. The molecule has 204 valence electrons. The monoisotopic (exact) mass is 539 g/mol. The number of aliphatic hydroxyl groups excluding tert-OH is 1. The van der Waals surface area contributed by atoms with Crippen molar-refractivity contribution in [2.75, 3.05) is 74.2 Å². The van der Waals surface area contributed by atoms with Crippen molar-refractivity contribution in [2.45, 2.75) is 0 Å². The molecule has 0 atom stereocenters. The van der Waals surface area contributed by atoms with E-state index in [-0.39, 0.29) is 12.5 Å². The minimum Gasteiger partial charge on any atom is -0.384 e. The fourth-order valence-corrected chi connectivity index (χ4v) is 4.86. The number of nitrogens with one attached hydrogen (secondary N) is 2. The van der Waals surface area contributed by atoms with E-state index >= 15 is 0 Å². The van der Waals surface area contributed by atoms with E-state index in [0.29, 0.717) is 45.3 Å². The Morgan fingerprint density at radius 3 is 2.42 bits per heavy atom. The van der Waals surface area contributed by atoms with Gasteiger partial charge < -0.3 is 34.8 Å². The van der Waals surface area contributed by atoms with Crippen LogP contribution in [0.4, 0.5) is 23.1 Å². The Bertz CT molecular complexity index is 1530. The number of hydrogen-bond donors (Lipinski definition) is 3. The van der Waals surface area contributed by atoms with Crippen LogP contribution in [0, 0.1) is 11.8 Å². The van der Waals surface area contributed by atoms with Gasteiger partial charge in [0.15, 0.2) is 0 Å². The zero-order valence-electron chi connectivity index (χ0n) is 21.9. The lowest BCUT2D eigenvalue weighted by Gasteiger charge is -2.33. The number of amides is 1. The van der Waals surface area contributed by atoms with Crippen LogP contribution in [0.5, 0.6) is 0 Å². The van der Waals surface area contributed by atoms with Crippen LogP contribution in [0.1, 0.15) is 0 Å². The third-order valence-corrected chi connectivity index (χ3v) is 6.96. The number of nitrogens with zero attached hydrogens (tertiary/aromatic N) is 7. The Hall–Kier alpha value is -4.73. The summed E-state index contributed by atoms with van der Waals surface area (Å²) in [6.45, 7) is 5.02. The van der Waals surface area contributed by atoms with E-state index in [1.165, 1.54) is 0 Å². The number of ether oxygens (including phenoxy) is 1. The van der Waals surface area contributed by atoms with Gasteiger partial charge >= 0.3 is 0 Å².